The molecule has 0 bridgehead atoms. The molecule has 27 heavy (non-hydrogen) atoms. The number of hydrogen-bond acceptors (Lipinski definition) is 3. The van der Waals surface area contributed by atoms with Gasteiger partial charge in [0.2, 0.25) is 0 Å². The number of nitrogens with one attached hydrogen (secondary N) is 1. The van der Waals surface area contributed by atoms with Gasteiger partial charge >= 0.3 is 6.18 Å². The Morgan fingerprint density at radius 1 is 0.815 bits per heavy atom. The first kappa shape index (κ1) is 17.0. The van der Waals surface area contributed by atoms with Crippen molar-refractivity contribution < 1.29 is 13.2 Å². The Balaban J connectivity index is 1.76. The monoisotopic (exact) mass is 365 g/mol. The summed E-state index contributed by atoms with van der Waals surface area (Å²) in [5, 5.41) is 3.90. The van der Waals surface area contributed by atoms with Crippen LogP contribution in [0.1, 0.15) is 5.56 Å². The molecule has 0 aliphatic carbocycles. The fraction of sp³-hybridized carbons (Fsp3) is 0.0476. The summed E-state index contributed by atoms with van der Waals surface area (Å²) >= 11 is 0. The minimum atomic E-state index is -4.38. The van der Waals surface area contributed by atoms with Gasteiger partial charge in [-0.15, -0.1) is 0 Å². The van der Waals surface area contributed by atoms with Crippen molar-refractivity contribution in [2.24, 2.45) is 0 Å². The third kappa shape index (κ3) is 3.60. The molecule has 0 spiro atoms. The number of alkyl halides is 3. The number of fused-ring (bicyclic) bond motifs is 1. The summed E-state index contributed by atoms with van der Waals surface area (Å²) in [5.74, 6) is 0. The Morgan fingerprint density at radius 2 is 1.70 bits per heavy atom. The molecule has 0 unspecified atom stereocenters. The number of aromatic nitrogens is 2. The van der Waals surface area contributed by atoms with Crippen molar-refractivity contribution in [2.75, 3.05) is 5.32 Å². The van der Waals surface area contributed by atoms with E-state index in [-0.39, 0.29) is 0 Å². The summed E-state index contributed by atoms with van der Waals surface area (Å²) in [7, 11) is 0. The van der Waals surface area contributed by atoms with E-state index in [4.69, 9.17) is 0 Å². The fourth-order valence-electron chi connectivity index (χ4n) is 2.90. The van der Waals surface area contributed by atoms with Crippen LogP contribution in [0.25, 0.3) is 22.0 Å². The molecule has 0 amide bonds. The SMILES string of the molecule is FC(F)(F)c1cccc(Nc2ccnc3ccc(-c4cccnc4)cc23)c1. The molecule has 1 N–H and O–H groups in total. The molecule has 2 aromatic carbocycles. The van der Waals surface area contributed by atoms with Crippen LogP contribution in [0.15, 0.2) is 79.3 Å². The smallest absolute Gasteiger partial charge is 0.355 e. The summed E-state index contributed by atoms with van der Waals surface area (Å²) in [6.07, 6.45) is 0.706. The maximum Gasteiger partial charge on any atom is 0.416 e. The fourth-order valence-corrected chi connectivity index (χ4v) is 2.90. The van der Waals surface area contributed by atoms with Gasteiger partial charge in [0.15, 0.2) is 0 Å². The van der Waals surface area contributed by atoms with Gasteiger partial charge in [0.05, 0.1) is 11.1 Å². The van der Waals surface area contributed by atoms with Gasteiger partial charge in [-0.1, -0.05) is 18.2 Å². The lowest BCUT2D eigenvalue weighted by molar-refractivity contribution is -0.137. The van der Waals surface area contributed by atoms with Gasteiger partial charge in [-0.05, 0) is 48.0 Å². The third-order valence-corrected chi connectivity index (χ3v) is 4.21. The van der Waals surface area contributed by atoms with E-state index in [9.17, 15) is 13.2 Å². The Hall–Kier alpha value is -3.41. The van der Waals surface area contributed by atoms with Crippen molar-refractivity contribution >= 4 is 22.3 Å². The molecule has 2 aromatic heterocycles. The Kier molecular flexibility index (Phi) is 4.24. The van der Waals surface area contributed by atoms with E-state index in [1.165, 1.54) is 6.07 Å². The molecule has 3 nitrogen and oxygen atoms in total. The Bertz CT molecular complexity index is 1090. The van der Waals surface area contributed by atoms with Gasteiger partial charge in [0.25, 0.3) is 0 Å². The zero-order valence-electron chi connectivity index (χ0n) is 14.0. The van der Waals surface area contributed by atoms with Crippen LogP contribution in [0, 0.1) is 0 Å². The topological polar surface area (TPSA) is 37.8 Å². The maximum atomic E-state index is 13.0. The molecule has 0 fully saturated rings. The van der Waals surface area contributed by atoms with Gasteiger partial charge < -0.3 is 5.32 Å². The lowest BCUT2D eigenvalue weighted by Gasteiger charge is -2.13. The van der Waals surface area contributed by atoms with Crippen molar-refractivity contribution in [2.45, 2.75) is 6.18 Å². The van der Waals surface area contributed by atoms with Gasteiger partial charge in [-0.2, -0.15) is 13.2 Å². The number of hydrogen-bond donors (Lipinski definition) is 1. The number of benzene rings is 2. The first-order valence-corrected chi connectivity index (χ1v) is 8.24. The molecule has 0 aliphatic heterocycles. The molecule has 0 radical (unpaired) electrons. The Labute approximate surface area is 153 Å². The van der Waals surface area contributed by atoms with Gasteiger partial charge in [-0.25, -0.2) is 0 Å². The van der Waals surface area contributed by atoms with Crippen LogP contribution >= 0.6 is 0 Å². The predicted octanol–water partition coefficient (Wildman–Crippen LogP) is 6.06. The molecule has 134 valence electrons. The predicted molar refractivity (Wildman–Crippen MR) is 99.7 cm³/mol. The van der Waals surface area contributed by atoms with Crippen molar-refractivity contribution in [3.63, 3.8) is 0 Å². The highest BCUT2D eigenvalue weighted by atomic mass is 19.4. The van der Waals surface area contributed by atoms with E-state index in [1.807, 2.05) is 30.3 Å². The van der Waals surface area contributed by atoms with Crippen LogP contribution in [0.2, 0.25) is 0 Å². The second-order valence-corrected chi connectivity index (χ2v) is 6.04. The Morgan fingerprint density at radius 3 is 2.48 bits per heavy atom. The summed E-state index contributed by atoms with van der Waals surface area (Å²) in [5.41, 5.74) is 3.01. The zero-order chi connectivity index (χ0) is 18.9. The molecular weight excluding hydrogens is 351 g/mol. The van der Waals surface area contributed by atoms with E-state index < -0.39 is 11.7 Å². The van der Waals surface area contributed by atoms with E-state index in [1.54, 1.807) is 30.7 Å². The van der Waals surface area contributed by atoms with Crippen molar-refractivity contribution in [3.05, 3.63) is 84.8 Å². The second kappa shape index (κ2) is 6.72. The number of halogens is 3. The normalized spacial score (nSPS) is 11.5. The first-order chi connectivity index (χ1) is 13.0. The van der Waals surface area contributed by atoms with Gasteiger partial charge in [0, 0.05) is 40.9 Å². The molecule has 0 saturated carbocycles. The third-order valence-electron chi connectivity index (χ3n) is 4.21. The van der Waals surface area contributed by atoms with Crippen molar-refractivity contribution in [3.8, 4) is 11.1 Å². The van der Waals surface area contributed by atoms with Crippen LogP contribution in [0.5, 0.6) is 0 Å². The van der Waals surface area contributed by atoms with E-state index >= 15 is 0 Å². The number of rotatable bonds is 3. The highest BCUT2D eigenvalue weighted by Gasteiger charge is 2.30. The second-order valence-electron chi connectivity index (χ2n) is 6.04. The number of anilines is 2. The van der Waals surface area contributed by atoms with Crippen molar-refractivity contribution in [1.29, 1.82) is 0 Å². The highest BCUT2D eigenvalue weighted by Crippen LogP contribution is 2.33. The largest absolute Gasteiger partial charge is 0.416 e. The average Bonchev–Trinajstić information content (AvgIpc) is 2.68. The van der Waals surface area contributed by atoms with Crippen LogP contribution < -0.4 is 5.32 Å². The lowest BCUT2D eigenvalue weighted by Crippen LogP contribution is -2.05. The van der Waals surface area contributed by atoms with Gasteiger partial charge in [0.1, 0.15) is 0 Å². The van der Waals surface area contributed by atoms with Crippen LogP contribution in [0.4, 0.5) is 24.5 Å². The average molecular weight is 365 g/mol. The van der Waals surface area contributed by atoms with E-state index in [2.05, 4.69) is 15.3 Å². The number of nitrogens with zero attached hydrogens (tertiary/aromatic N) is 2. The molecule has 0 atom stereocenters. The molecule has 2 heterocycles. The molecule has 6 heteroatoms. The van der Waals surface area contributed by atoms with Crippen LogP contribution in [-0.4, -0.2) is 9.97 Å². The molecule has 4 rings (SSSR count). The van der Waals surface area contributed by atoms with Crippen LogP contribution in [-0.2, 0) is 6.18 Å². The summed E-state index contributed by atoms with van der Waals surface area (Å²) < 4.78 is 38.9. The highest BCUT2D eigenvalue weighted by molar-refractivity contribution is 5.95. The molecular formula is C21H14F3N3. The van der Waals surface area contributed by atoms with Crippen molar-refractivity contribution in [1.82, 2.24) is 9.97 Å². The van der Waals surface area contributed by atoms with E-state index in [0.717, 1.165) is 34.2 Å². The van der Waals surface area contributed by atoms with Gasteiger partial charge in [-0.3, -0.25) is 9.97 Å². The zero-order valence-corrected chi connectivity index (χ0v) is 14.0. The maximum absolute atomic E-state index is 13.0. The first-order valence-electron chi connectivity index (χ1n) is 8.24. The standard InChI is InChI=1S/C21H14F3N3/c22-21(23,24)16-4-1-5-17(12-16)27-20-8-10-26-19-7-6-14(11-18(19)20)15-3-2-9-25-13-15/h1-13H,(H,26,27). The molecule has 0 aliphatic rings. The lowest BCUT2D eigenvalue weighted by atomic mass is 10.0. The van der Waals surface area contributed by atoms with E-state index in [0.29, 0.717) is 11.4 Å². The summed E-state index contributed by atoms with van der Waals surface area (Å²) in [4.78, 5) is 8.47. The molecule has 0 saturated heterocycles. The number of pyridine rings is 2. The van der Waals surface area contributed by atoms with Crippen LogP contribution in [0.3, 0.4) is 0 Å². The summed E-state index contributed by atoms with van der Waals surface area (Å²) in [6.45, 7) is 0. The minimum Gasteiger partial charge on any atom is -0.355 e. The quantitative estimate of drug-likeness (QED) is 0.480. The molecule has 4 aromatic rings. The minimum absolute atomic E-state index is 0.365. The summed E-state index contributed by atoms with van der Waals surface area (Å²) in [6, 6.07) is 16.5.